The molecule has 1 aromatic carbocycles. The maximum Gasteiger partial charge on any atom is 0.0911 e. The van der Waals surface area contributed by atoms with Crippen LogP contribution in [0.15, 0.2) is 35.9 Å². The van der Waals surface area contributed by atoms with Gasteiger partial charge in [0.15, 0.2) is 0 Å². The molecule has 2 saturated heterocycles. The zero-order valence-electron chi connectivity index (χ0n) is 13.3. The Bertz CT molecular complexity index is 567. The van der Waals surface area contributed by atoms with Crippen LogP contribution in [0.2, 0.25) is 0 Å². The first-order valence-corrected chi connectivity index (χ1v) is 7.95. The predicted octanol–water partition coefficient (Wildman–Crippen LogP) is 4.57. The highest BCUT2D eigenvalue weighted by Gasteiger charge is 2.38. The molecule has 2 unspecified atom stereocenters. The van der Waals surface area contributed by atoms with Crippen molar-refractivity contribution >= 4 is 5.69 Å². The number of benzene rings is 1. The minimum atomic E-state index is 0.210. The summed E-state index contributed by atoms with van der Waals surface area (Å²) in [5, 5.41) is 8.86. The van der Waals surface area contributed by atoms with E-state index in [0.29, 0.717) is 12.1 Å². The fourth-order valence-electron chi connectivity index (χ4n) is 3.81. The Morgan fingerprint density at radius 2 is 1.67 bits per heavy atom. The van der Waals surface area contributed by atoms with Crippen LogP contribution < -0.4 is 4.90 Å². The van der Waals surface area contributed by atoms with Gasteiger partial charge in [-0.1, -0.05) is 38.5 Å². The van der Waals surface area contributed by atoms with Crippen LogP contribution in [-0.2, 0) is 5.41 Å². The minimum Gasteiger partial charge on any atom is -0.365 e. The first-order valence-electron chi connectivity index (χ1n) is 7.95. The number of rotatable bonds is 1. The molecule has 1 aromatic rings. The average molecular weight is 280 g/mol. The summed E-state index contributed by atoms with van der Waals surface area (Å²) in [6, 6.07) is 12.5. The number of piperidine rings is 1. The summed E-state index contributed by atoms with van der Waals surface area (Å²) in [6.45, 7) is 6.77. The molecule has 110 valence electrons. The molecular formula is C19H24N2. The van der Waals surface area contributed by atoms with Crippen LogP contribution in [0.3, 0.4) is 0 Å². The Balaban J connectivity index is 1.83. The van der Waals surface area contributed by atoms with Crippen molar-refractivity contribution < 1.29 is 0 Å². The van der Waals surface area contributed by atoms with Crippen LogP contribution >= 0.6 is 0 Å². The highest BCUT2D eigenvalue weighted by atomic mass is 15.2. The van der Waals surface area contributed by atoms with Gasteiger partial charge in [-0.2, -0.15) is 5.26 Å². The average Bonchev–Trinajstić information content (AvgIpc) is 2.70. The van der Waals surface area contributed by atoms with E-state index >= 15 is 0 Å². The molecule has 0 spiro atoms. The number of nitrogens with zero attached hydrogens (tertiary/aromatic N) is 2. The molecule has 0 aliphatic carbocycles. The van der Waals surface area contributed by atoms with Gasteiger partial charge in [0, 0.05) is 23.8 Å². The molecule has 0 saturated carbocycles. The van der Waals surface area contributed by atoms with Crippen molar-refractivity contribution in [2.24, 2.45) is 0 Å². The third-order valence-corrected chi connectivity index (χ3v) is 4.92. The van der Waals surface area contributed by atoms with Crippen molar-refractivity contribution in [1.29, 1.82) is 5.26 Å². The van der Waals surface area contributed by atoms with Crippen LogP contribution in [0.1, 0.15) is 52.0 Å². The minimum absolute atomic E-state index is 0.210. The molecular weight excluding hydrogens is 256 g/mol. The smallest absolute Gasteiger partial charge is 0.0911 e. The fourth-order valence-corrected chi connectivity index (χ4v) is 3.81. The highest BCUT2D eigenvalue weighted by molar-refractivity contribution is 5.53. The Morgan fingerprint density at radius 1 is 1.10 bits per heavy atom. The second kappa shape index (κ2) is 5.22. The SMILES string of the molecule is CC(C)(C)c1ccc(N2C3CCC2CC(=CC#N)C3)cc1. The molecule has 2 heterocycles. The zero-order chi connectivity index (χ0) is 15.0. The molecule has 0 radical (unpaired) electrons. The predicted molar refractivity (Wildman–Crippen MR) is 87.4 cm³/mol. The van der Waals surface area contributed by atoms with Crippen molar-refractivity contribution in [3.63, 3.8) is 0 Å². The molecule has 2 bridgehead atoms. The molecule has 0 amide bonds. The van der Waals surface area contributed by atoms with E-state index in [1.807, 2.05) is 0 Å². The summed E-state index contributed by atoms with van der Waals surface area (Å²) in [5.41, 5.74) is 4.29. The molecule has 2 aliphatic rings. The van der Waals surface area contributed by atoms with Gasteiger partial charge in [0.1, 0.15) is 0 Å². The third-order valence-electron chi connectivity index (χ3n) is 4.92. The van der Waals surface area contributed by atoms with E-state index in [4.69, 9.17) is 5.26 Å². The number of nitriles is 1. The number of allylic oxidation sites excluding steroid dienone is 1. The standard InChI is InChI=1S/C19H24N2/c1-19(2,3)15-4-6-16(7-5-15)21-17-8-9-18(21)13-14(12-17)10-11-20/h4-7,10,17-18H,8-9,12-13H2,1-3H3. The van der Waals surface area contributed by atoms with E-state index in [-0.39, 0.29) is 5.41 Å². The molecule has 2 fully saturated rings. The lowest BCUT2D eigenvalue weighted by Crippen LogP contribution is -2.40. The summed E-state index contributed by atoms with van der Waals surface area (Å²) in [5.74, 6) is 0. The lowest BCUT2D eigenvalue weighted by molar-refractivity contribution is 0.549. The topological polar surface area (TPSA) is 27.0 Å². The van der Waals surface area contributed by atoms with Crippen LogP contribution in [0, 0.1) is 11.3 Å². The van der Waals surface area contributed by atoms with Crippen LogP contribution in [0.4, 0.5) is 5.69 Å². The maximum atomic E-state index is 8.86. The number of hydrogen-bond donors (Lipinski definition) is 0. The fraction of sp³-hybridized carbons (Fsp3) is 0.526. The number of fused-ring (bicyclic) bond motifs is 2. The van der Waals surface area contributed by atoms with Gasteiger partial charge in [0.05, 0.1) is 6.07 Å². The van der Waals surface area contributed by atoms with Crippen molar-refractivity contribution in [2.45, 2.75) is 64.0 Å². The van der Waals surface area contributed by atoms with Gasteiger partial charge in [-0.3, -0.25) is 0 Å². The molecule has 3 rings (SSSR count). The van der Waals surface area contributed by atoms with Gasteiger partial charge in [-0.15, -0.1) is 0 Å². The largest absolute Gasteiger partial charge is 0.365 e. The molecule has 0 aromatic heterocycles. The summed E-state index contributed by atoms with van der Waals surface area (Å²) < 4.78 is 0. The van der Waals surface area contributed by atoms with Crippen LogP contribution in [0.5, 0.6) is 0 Å². The summed E-state index contributed by atoms with van der Waals surface area (Å²) in [6.07, 6.45) is 6.41. The van der Waals surface area contributed by atoms with Gasteiger partial charge in [-0.05, 0) is 48.8 Å². The van der Waals surface area contributed by atoms with Crippen molar-refractivity contribution in [2.75, 3.05) is 4.90 Å². The Kier molecular flexibility index (Phi) is 3.53. The third kappa shape index (κ3) is 2.70. The molecule has 0 N–H and O–H groups in total. The molecule has 21 heavy (non-hydrogen) atoms. The first-order chi connectivity index (χ1) is 9.99. The second-order valence-electron chi connectivity index (χ2n) is 7.43. The monoisotopic (exact) mass is 280 g/mol. The lowest BCUT2D eigenvalue weighted by atomic mass is 9.87. The second-order valence-corrected chi connectivity index (χ2v) is 7.43. The Morgan fingerprint density at radius 3 is 2.14 bits per heavy atom. The zero-order valence-corrected chi connectivity index (χ0v) is 13.3. The van der Waals surface area contributed by atoms with Gasteiger partial charge < -0.3 is 4.90 Å². The van der Waals surface area contributed by atoms with E-state index in [1.54, 1.807) is 6.08 Å². The van der Waals surface area contributed by atoms with E-state index in [2.05, 4.69) is 56.0 Å². The van der Waals surface area contributed by atoms with Crippen LogP contribution in [0.25, 0.3) is 0 Å². The lowest BCUT2D eigenvalue weighted by Gasteiger charge is -2.38. The first kappa shape index (κ1) is 14.2. The van der Waals surface area contributed by atoms with Crippen molar-refractivity contribution in [3.8, 4) is 6.07 Å². The van der Waals surface area contributed by atoms with E-state index in [0.717, 1.165) is 12.8 Å². The maximum absolute atomic E-state index is 8.86. The molecule has 2 atom stereocenters. The normalized spacial score (nSPS) is 24.9. The molecule has 2 heteroatoms. The highest BCUT2D eigenvalue weighted by Crippen LogP contribution is 2.41. The van der Waals surface area contributed by atoms with E-state index < -0.39 is 0 Å². The molecule has 2 aliphatic heterocycles. The quantitative estimate of drug-likeness (QED) is 0.705. The van der Waals surface area contributed by atoms with Gasteiger partial charge in [-0.25, -0.2) is 0 Å². The Hall–Kier alpha value is -1.75. The Labute approximate surface area is 128 Å². The summed E-state index contributed by atoms with van der Waals surface area (Å²) in [4.78, 5) is 2.60. The van der Waals surface area contributed by atoms with Gasteiger partial charge in [0.2, 0.25) is 0 Å². The van der Waals surface area contributed by atoms with Crippen molar-refractivity contribution in [3.05, 3.63) is 41.5 Å². The van der Waals surface area contributed by atoms with E-state index in [1.165, 1.54) is 29.7 Å². The number of hydrogen-bond acceptors (Lipinski definition) is 2. The van der Waals surface area contributed by atoms with Crippen LogP contribution in [-0.4, -0.2) is 12.1 Å². The number of anilines is 1. The van der Waals surface area contributed by atoms with E-state index in [9.17, 15) is 0 Å². The molecule has 2 nitrogen and oxygen atoms in total. The summed E-state index contributed by atoms with van der Waals surface area (Å²) >= 11 is 0. The van der Waals surface area contributed by atoms with Crippen molar-refractivity contribution in [1.82, 2.24) is 0 Å². The van der Waals surface area contributed by atoms with Gasteiger partial charge in [0.25, 0.3) is 0 Å². The van der Waals surface area contributed by atoms with Gasteiger partial charge >= 0.3 is 0 Å². The summed E-state index contributed by atoms with van der Waals surface area (Å²) in [7, 11) is 0.